The van der Waals surface area contributed by atoms with Crippen LogP contribution < -0.4 is 5.73 Å². The second-order valence-corrected chi connectivity index (χ2v) is 6.86. The molecule has 0 aliphatic carbocycles. The van der Waals surface area contributed by atoms with E-state index >= 15 is 0 Å². The highest BCUT2D eigenvalue weighted by Gasteiger charge is 2.20. The van der Waals surface area contributed by atoms with Crippen LogP contribution in [0.15, 0.2) is 17.0 Å². The third-order valence-corrected chi connectivity index (χ3v) is 4.80. The van der Waals surface area contributed by atoms with Crippen LogP contribution >= 0.6 is 0 Å². The molecule has 0 bridgehead atoms. The van der Waals surface area contributed by atoms with Gasteiger partial charge in [-0.2, -0.15) is 0 Å². The first-order chi connectivity index (χ1) is 7.74. The van der Waals surface area contributed by atoms with Crippen molar-refractivity contribution >= 4 is 9.84 Å². The Hall–Kier alpha value is -0.870. The summed E-state index contributed by atoms with van der Waals surface area (Å²) < 4.78 is 24.5. The molecular weight excluding hydrogens is 234 g/mol. The maximum absolute atomic E-state index is 12.2. The number of hydrogen-bond acceptors (Lipinski definition) is 3. The first-order valence-electron chi connectivity index (χ1n) is 5.80. The van der Waals surface area contributed by atoms with E-state index in [1.807, 2.05) is 39.8 Å². The fourth-order valence-electron chi connectivity index (χ4n) is 2.10. The van der Waals surface area contributed by atoms with Crippen LogP contribution in [0.1, 0.15) is 30.0 Å². The van der Waals surface area contributed by atoms with Crippen molar-refractivity contribution in [2.75, 3.05) is 5.75 Å². The van der Waals surface area contributed by atoms with Crippen molar-refractivity contribution in [3.63, 3.8) is 0 Å². The Morgan fingerprint density at radius 3 is 2.06 bits per heavy atom. The van der Waals surface area contributed by atoms with E-state index in [1.165, 1.54) is 0 Å². The molecule has 1 rings (SSSR count). The largest absolute Gasteiger partial charge is 0.328 e. The third kappa shape index (κ3) is 3.54. The molecule has 0 heterocycles. The first-order valence-corrected chi connectivity index (χ1v) is 7.45. The number of benzene rings is 1. The van der Waals surface area contributed by atoms with E-state index in [0.717, 1.165) is 16.7 Å². The van der Waals surface area contributed by atoms with E-state index in [0.29, 0.717) is 11.3 Å². The van der Waals surface area contributed by atoms with Crippen molar-refractivity contribution in [1.29, 1.82) is 0 Å². The second-order valence-electron chi connectivity index (χ2n) is 4.81. The number of rotatable bonds is 4. The van der Waals surface area contributed by atoms with E-state index in [4.69, 9.17) is 5.73 Å². The smallest absolute Gasteiger partial charge is 0.178 e. The summed E-state index contributed by atoms with van der Waals surface area (Å²) in [7, 11) is -3.21. The van der Waals surface area contributed by atoms with E-state index < -0.39 is 9.84 Å². The van der Waals surface area contributed by atoms with Gasteiger partial charge in [-0.25, -0.2) is 8.42 Å². The summed E-state index contributed by atoms with van der Waals surface area (Å²) >= 11 is 0. The van der Waals surface area contributed by atoms with Gasteiger partial charge in [0.05, 0.1) is 10.6 Å². The van der Waals surface area contributed by atoms with Gasteiger partial charge in [-0.3, -0.25) is 0 Å². The zero-order valence-electron chi connectivity index (χ0n) is 10.9. The zero-order valence-corrected chi connectivity index (χ0v) is 11.8. The molecule has 96 valence electrons. The van der Waals surface area contributed by atoms with Crippen molar-refractivity contribution in [3.8, 4) is 0 Å². The maximum Gasteiger partial charge on any atom is 0.178 e. The van der Waals surface area contributed by atoms with Crippen LogP contribution in [0.3, 0.4) is 0 Å². The minimum absolute atomic E-state index is 0.0872. The zero-order chi connectivity index (χ0) is 13.2. The van der Waals surface area contributed by atoms with Crippen LogP contribution in [-0.4, -0.2) is 20.2 Å². The highest BCUT2D eigenvalue weighted by Crippen LogP contribution is 2.23. The monoisotopic (exact) mass is 255 g/mol. The van der Waals surface area contributed by atoms with Crippen LogP contribution in [-0.2, 0) is 9.84 Å². The fraction of sp³-hybridized carbons (Fsp3) is 0.538. The Kier molecular flexibility index (Phi) is 4.33. The molecule has 1 unspecified atom stereocenters. The van der Waals surface area contributed by atoms with Gasteiger partial charge in [0.1, 0.15) is 0 Å². The predicted molar refractivity (Wildman–Crippen MR) is 71.0 cm³/mol. The Balaban J connectivity index is 3.16. The van der Waals surface area contributed by atoms with Crippen LogP contribution in [0.2, 0.25) is 0 Å². The molecule has 1 aromatic rings. The molecule has 0 radical (unpaired) electrons. The number of hydrogen-bond donors (Lipinski definition) is 1. The quantitative estimate of drug-likeness (QED) is 0.896. The summed E-state index contributed by atoms with van der Waals surface area (Å²) in [6, 6.07) is 3.73. The van der Waals surface area contributed by atoms with E-state index in [1.54, 1.807) is 0 Å². The lowest BCUT2D eigenvalue weighted by atomic mass is 10.1. The molecule has 4 heteroatoms. The molecule has 1 aromatic carbocycles. The van der Waals surface area contributed by atoms with E-state index in [-0.39, 0.29) is 11.8 Å². The van der Waals surface area contributed by atoms with Gasteiger partial charge in [-0.15, -0.1) is 0 Å². The Labute approximate surface area is 104 Å². The Morgan fingerprint density at radius 2 is 1.65 bits per heavy atom. The van der Waals surface area contributed by atoms with Gasteiger partial charge in [0.25, 0.3) is 0 Å². The average molecular weight is 255 g/mol. The number of sulfone groups is 1. The van der Waals surface area contributed by atoms with Crippen molar-refractivity contribution in [3.05, 3.63) is 28.8 Å². The lowest BCUT2D eigenvalue weighted by molar-refractivity contribution is 0.586. The van der Waals surface area contributed by atoms with Crippen molar-refractivity contribution < 1.29 is 8.42 Å². The topological polar surface area (TPSA) is 60.2 Å². The molecule has 0 saturated heterocycles. The third-order valence-electron chi connectivity index (χ3n) is 2.76. The fourth-order valence-corrected chi connectivity index (χ4v) is 4.09. The molecule has 0 fully saturated rings. The minimum Gasteiger partial charge on any atom is -0.328 e. The summed E-state index contributed by atoms with van der Waals surface area (Å²) in [5.41, 5.74) is 8.35. The van der Waals surface area contributed by atoms with Crippen molar-refractivity contribution in [1.82, 2.24) is 0 Å². The second kappa shape index (κ2) is 5.19. The normalized spacial score (nSPS) is 13.7. The van der Waals surface area contributed by atoms with Gasteiger partial charge in [-0.1, -0.05) is 17.7 Å². The number of aryl methyl sites for hydroxylation is 3. The average Bonchev–Trinajstić information content (AvgIpc) is 2.12. The Bertz CT molecular complexity index is 481. The van der Waals surface area contributed by atoms with Crippen molar-refractivity contribution in [2.24, 2.45) is 5.73 Å². The van der Waals surface area contributed by atoms with Crippen molar-refractivity contribution in [2.45, 2.75) is 45.1 Å². The van der Waals surface area contributed by atoms with Gasteiger partial charge >= 0.3 is 0 Å². The van der Waals surface area contributed by atoms with Crippen LogP contribution in [0, 0.1) is 20.8 Å². The molecule has 3 nitrogen and oxygen atoms in total. The minimum atomic E-state index is -3.21. The summed E-state index contributed by atoms with van der Waals surface area (Å²) in [5.74, 6) is 0.120. The van der Waals surface area contributed by atoms with Gasteiger partial charge in [0.2, 0.25) is 0 Å². The molecule has 0 amide bonds. The summed E-state index contributed by atoms with van der Waals surface area (Å²) in [6.45, 7) is 7.49. The molecule has 17 heavy (non-hydrogen) atoms. The number of nitrogens with two attached hydrogens (primary N) is 1. The van der Waals surface area contributed by atoms with Gasteiger partial charge in [0.15, 0.2) is 9.84 Å². The summed E-state index contributed by atoms with van der Waals surface area (Å²) in [5, 5.41) is 0. The molecular formula is C13H21NO2S. The highest BCUT2D eigenvalue weighted by atomic mass is 32.2. The van der Waals surface area contributed by atoms with Gasteiger partial charge in [0, 0.05) is 6.04 Å². The standard InChI is InChI=1S/C13H21NO2S/c1-9-7-10(2)13(11(3)8-9)17(15,16)6-5-12(4)14/h7-8,12H,5-6,14H2,1-4H3. The Morgan fingerprint density at radius 1 is 1.18 bits per heavy atom. The molecule has 0 aromatic heterocycles. The highest BCUT2D eigenvalue weighted by molar-refractivity contribution is 7.91. The van der Waals surface area contributed by atoms with Crippen LogP contribution in [0.5, 0.6) is 0 Å². The molecule has 0 aliphatic rings. The first kappa shape index (κ1) is 14.2. The van der Waals surface area contributed by atoms with E-state index in [9.17, 15) is 8.42 Å². The van der Waals surface area contributed by atoms with E-state index in [2.05, 4.69) is 0 Å². The molecule has 0 spiro atoms. The molecule has 2 N–H and O–H groups in total. The van der Waals surface area contributed by atoms with Crippen LogP contribution in [0.25, 0.3) is 0 Å². The predicted octanol–water partition coefficient (Wildman–Crippen LogP) is 2.12. The SMILES string of the molecule is Cc1cc(C)c(S(=O)(=O)CCC(C)N)c(C)c1. The molecule has 0 aliphatic heterocycles. The lowest BCUT2D eigenvalue weighted by Crippen LogP contribution is -2.21. The lowest BCUT2D eigenvalue weighted by Gasteiger charge is -2.13. The molecule has 1 atom stereocenters. The molecule has 0 saturated carbocycles. The van der Waals surface area contributed by atoms with Crippen LogP contribution in [0.4, 0.5) is 0 Å². The maximum atomic E-state index is 12.2. The summed E-state index contributed by atoms with van der Waals surface area (Å²) in [4.78, 5) is 0.476. The van der Waals surface area contributed by atoms with Gasteiger partial charge < -0.3 is 5.73 Å². The summed E-state index contributed by atoms with van der Waals surface area (Å²) in [6.07, 6.45) is 0.495. The van der Waals surface area contributed by atoms with Gasteiger partial charge in [-0.05, 0) is 45.2 Å².